The Labute approximate surface area is 105 Å². The molecule has 0 saturated carbocycles. The van der Waals surface area contributed by atoms with E-state index in [2.05, 4.69) is 45.5 Å². The minimum Gasteiger partial charge on any atom is -0.390 e. The molecule has 1 heterocycles. The maximum atomic E-state index is 10.3. The molecular formula is C13H18BrNO. The van der Waals surface area contributed by atoms with Gasteiger partial charge in [-0.05, 0) is 56.5 Å². The molecule has 2 nitrogen and oxygen atoms in total. The van der Waals surface area contributed by atoms with Crippen molar-refractivity contribution in [1.82, 2.24) is 5.32 Å². The molecule has 88 valence electrons. The van der Waals surface area contributed by atoms with Crippen molar-refractivity contribution in [1.29, 1.82) is 0 Å². The highest BCUT2D eigenvalue weighted by molar-refractivity contribution is 9.10. The Hall–Kier alpha value is -0.380. The Bertz CT molecular complexity index is 330. The molecule has 0 atom stereocenters. The second kappa shape index (κ2) is 5.30. The molecule has 3 heteroatoms. The van der Waals surface area contributed by atoms with Crippen LogP contribution in [0.4, 0.5) is 0 Å². The summed E-state index contributed by atoms with van der Waals surface area (Å²) in [6, 6.07) is 8.35. The average molecular weight is 284 g/mol. The summed E-state index contributed by atoms with van der Waals surface area (Å²) in [5.41, 5.74) is 0.855. The van der Waals surface area contributed by atoms with E-state index in [4.69, 9.17) is 0 Å². The van der Waals surface area contributed by atoms with Crippen molar-refractivity contribution >= 4 is 15.9 Å². The molecule has 1 aliphatic rings. The number of piperidine rings is 1. The predicted octanol–water partition coefficient (Wildman–Crippen LogP) is 2.50. The highest BCUT2D eigenvalue weighted by Gasteiger charge is 2.28. The Morgan fingerprint density at radius 1 is 1.19 bits per heavy atom. The first kappa shape index (κ1) is 12.1. The Morgan fingerprint density at radius 3 is 2.44 bits per heavy atom. The highest BCUT2D eigenvalue weighted by atomic mass is 79.9. The Morgan fingerprint density at radius 2 is 1.81 bits per heavy atom. The molecule has 0 bridgehead atoms. The third-order valence-corrected chi connectivity index (χ3v) is 3.86. The maximum Gasteiger partial charge on any atom is 0.0675 e. The van der Waals surface area contributed by atoms with Crippen LogP contribution in [0.15, 0.2) is 28.7 Å². The van der Waals surface area contributed by atoms with Gasteiger partial charge in [0.05, 0.1) is 5.60 Å². The van der Waals surface area contributed by atoms with Crippen LogP contribution in [0.2, 0.25) is 0 Å². The summed E-state index contributed by atoms with van der Waals surface area (Å²) in [6.45, 7) is 1.88. The maximum absolute atomic E-state index is 10.3. The summed E-state index contributed by atoms with van der Waals surface area (Å²) in [6.07, 6.45) is 3.59. The minimum atomic E-state index is -0.446. The van der Waals surface area contributed by atoms with E-state index in [1.807, 2.05) is 0 Å². The molecule has 1 aromatic rings. The van der Waals surface area contributed by atoms with Gasteiger partial charge in [-0.25, -0.2) is 0 Å². The van der Waals surface area contributed by atoms with Gasteiger partial charge in [0.1, 0.15) is 0 Å². The predicted molar refractivity (Wildman–Crippen MR) is 69.5 cm³/mol. The molecule has 1 fully saturated rings. The summed E-state index contributed by atoms with van der Waals surface area (Å²) >= 11 is 3.43. The van der Waals surface area contributed by atoms with Crippen LogP contribution in [-0.2, 0) is 6.42 Å². The average Bonchev–Trinajstić information content (AvgIpc) is 2.29. The molecule has 0 unspecified atom stereocenters. The summed E-state index contributed by atoms with van der Waals surface area (Å²) in [7, 11) is 0. The number of aliphatic hydroxyl groups is 1. The summed E-state index contributed by atoms with van der Waals surface area (Å²) < 4.78 is 1.11. The van der Waals surface area contributed by atoms with Crippen LogP contribution in [0.3, 0.4) is 0 Å². The molecule has 0 spiro atoms. The molecule has 2 rings (SSSR count). The van der Waals surface area contributed by atoms with E-state index in [1.54, 1.807) is 0 Å². The van der Waals surface area contributed by atoms with Crippen molar-refractivity contribution in [3.05, 3.63) is 34.3 Å². The molecule has 1 saturated heterocycles. The van der Waals surface area contributed by atoms with Gasteiger partial charge in [0.2, 0.25) is 0 Å². The third-order valence-electron chi connectivity index (χ3n) is 3.33. The quantitative estimate of drug-likeness (QED) is 0.894. The smallest absolute Gasteiger partial charge is 0.0675 e. The van der Waals surface area contributed by atoms with Crippen LogP contribution in [0.25, 0.3) is 0 Å². The third kappa shape index (κ3) is 3.30. The number of benzene rings is 1. The van der Waals surface area contributed by atoms with Gasteiger partial charge in [0.25, 0.3) is 0 Å². The van der Waals surface area contributed by atoms with Gasteiger partial charge >= 0.3 is 0 Å². The van der Waals surface area contributed by atoms with Crippen molar-refractivity contribution in [2.45, 2.75) is 31.3 Å². The zero-order valence-corrected chi connectivity index (χ0v) is 11.0. The van der Waals surface area contributed by atoms with Gasteiger partial charge in [0, 0.05) is 4.47 Å². The largest absolute Gasteiger partial charge is 0.390 e. The monoisotopic (exact) mass is 283 g/mol. The van der Waals surface area contributed by atoms with E-state index in [-0.39, 0.29) is 0 Å². The lowest BCUT2D eigenvalue weighted by atomic mass is 9.86. The zero-order chi connectivity index (χ0) is 11.4. The Balaban J connectivity index is 1.88. The number of nitrogens with one attached hydrogen (secondary N) is 1. The second-order valence-corrected chi connectivity index (χ2v) is 5.52. The van der Waals surface area contributed by atoms with Crippen molar-refractivity contribution in [2.24, 2.45) is 0 Å². The van der Waals surface area contributed by atoms with Crippen LogP contribution < -0.4 is 5.32 Å². The fourth-order valence-corrected chi connectivity index (χ4v) is 2.43. The fraction of sp³-hybridized carbons (Fsp3) is 0.538. The number of hydrogen-bond donors (Lipinski definition) is 2. The van der Waals surface area contributed by atoms with Crippen molar-refractivity contribution in [3.63, 3.8) is 0 Å². The molecule has 1 aliphatic heterocycles. The van der Waals surface area contributed by atoms with Crippen LogP contribution in [0, 0.1) is 0 Å². The van der Waals surface area contributed by atoms with Gasteiger partial charge in [-0.15, -0.1) is 0 Å². The van der Waals surface area contributed by atoms with Crippen molar-refractivity contribution < 1.29 is 5.11 Å². The highest BCUT2D eigenvalue weighted by Crippen LogP contribution is 2.24. The normalized spacial score (nSPS) is 19.6. The number of rotatable bonds is 3. The lowest BCUT2D eigenvalue weighted by molar-refractivity contribution is 0.00281. The molecule has 16 heavy (non-hydrogen) atoms. The van der Waals surface area contributed by atoms with Gasteiger partial charge < -0.3 is 10.4 Å². The van der Waals surface area contributed by atoms with Gasteiger partial charge in [-0.1, -0.05) is 28.1 Å². The van der Waals surface area contributed by atoms with E-state index in [9.17, 15) is 5.11 Å². The van der Waals surface area contributed by atoms with E-state index < -0.39 is 5.60 Å². The molecule has 2 N–H and O–H groups in total. The van der Waals surface area contributed by atoms with E-state index in [0.29, 0.717) is 0 Å². The summed E-state index contributed by atoms with van der Waals surface area (Å²) in [5.74, 6) is 0. The lowest BCUT2D eigenvalue weighted by Crippen LogP contribution is -2.42. The standard InChI is InChI=1S/C13H18BrNO/c14-12-3-1-11(2-4-12)5-6-13(16)7-9-15-10-8-13/h1-4,15-16H,5-10H2. The summed E-state index contributed by atoms with van der Waals surface area (Å²) in [5, 5.41) is 13.6. The van der Waals surface area contributed by atoms with Gasteiger partial charge in [-0.2, -0.15) is 0 Å². The van der Waals surface area contributed by atoms with Crippen LogP contribution in [0.1, 0.15) is 24.8 Å². The molecule has 0 radical (unpaired) electrons. The zero-order valence-electron chi connectivity index (χ0n) is 9.38. The van der Waals surface area contributed by atoms with Crippen molar-refractivity contribution in [2.75, 3.05) is 13.1 Å². The number of aryl methyl sites for hydroxylation is 1. The molecule has 1 aromatic carbocycles. The van der Waals surface area contributed by atoms with Crippen LogP contribution in [-0.4, -0.2) is 23.8 Å². The molecular weight excluding hydrogens is 266 g/mol. The number of hydrogen-bond acceptors (Lipinski definition) is 2. The first-order chi connectivity index (χ1) is 7.68. The molecule has 0 aromatic heterocycles. The Kier molecular flexibility index (Phi) is 4.00. The fourth-order valence-electron chi connectivity index (χ4n) is 2.17. The SMILES string of the molecule is OC1(CCc2ccc(Br)cc2)CCNCC1. The molecule has 0 aliphatic carbocycles. The second-order valence-electron chi connectivity index (χ2n) is 4.60. The van der Waals surface area contributed by atoms with Gasteiger partial charge in [-0.3, -0.25) is 0 Å². The number of halogens is 1. The lowest BCUT2D eigenvalue weighted by Gasteiger charge is -2.32. The first-order valence-electron chi connectivity index (χ1n) is 5.86. The topological polar surface area (TPSA) is 32.3 Å². The van der Waals surface area contributed by atoms with E-state index in [1.165, 1.54) is 5.56 Å². The first-order valence-corrected chi connectivity index (χ1v) is 6.65. The summed E-state index contributed by atoms with van der Waals surface area (Å²) in [4.78, 5) is 0. The van der Waals surface area contributed by atoms with E-state index in [0.717, 1.165) is 43.2 Å². The van der Waals surface area contributed by atoms with Crippen LogP contribution >= 0.6 is 15.9 Å². The van der Waals surface area contributed by atoms with Gasteiger partial charge in [0.15, 0.2) is 0 Å². The minimum absolute atomic E-state index is 0.446. The molecule has 0 amide bonds. The van der Waals surface area contributed by atoms with Crippen molar-refractivity contribution in [3.8, 4) is 0 Å². The van der Waals surface area contributed by atoms with Crippen LogP contribution in [0.5, 0.6) is 0 Å². The van der Waals surface area contributed by atoms with E-state index >= 15 is 0 Å².